The molecule has 0 spiro atoms. The molecular weight excluding hydrogens is 539 g/mol. The van der Waals surface area contributed by atoms with Crippen LogP contribution in [0.1, 0.15) is 44.0 Å². The van der Waals surface area contributed by atoms with Crippen molar-refractivity contribution in [1.29, 1.82) is 0 Å². The van der Waals surface area contributed by atoms with Gasteiger partial charge in [-0.05, 0) is 62.5 Å². The lowest BCUT2D eigenvalue weighted by molar-refractivity contribution is -0.146. The van der Waals surface area contributed by atoms with Gasteiger partial charge in [0.15, 0.2) is 5.65 Å². The van der Waals surface area contributed by atoms with E-state index in [1.807, 2.05) is 30.5 Å². The molecule has 2 atom stereocenters. The molecule has 1 N–H and O–H groups in total. The Balaban J connectivity index is 1.55. The van der Waals surface area contributed by atoms with Gasteiger partial charge in [0, 0.05) is 30.9 Å². The summed E-state index contributed by atoms with van der Waals surface area (Å²) in [6.07, 6.45) is -0.658. The zero-order valence-corrected chi connectivity index (χ0v) is 23.5. The Bertz CT molecular complexity index is 1470. The summed E-state index contributed by atoms with van der Waals surface area (Å²) in [5.41, 5.74) is 2.38. The standard InChI is InChI=1S/C28H32F3N7OS/c1-4-36(5-2)18(3)16-32-27(39)19-14-22(34-25(15-19)37-11-6-9-24(37)28(29,30)31)20-17-33-38-12-10-21(35-26(20)38)23-8-7-13-40-23/h7-8,10,12-15,17-18,24H,4-6,9,11,16H2,1-3H3,(H,32,39). The number of nitrogens with one attached hydrogen (secondary N) is 1. The van der Waals surface area contributed by atoms with Crippen molar-refractivity contribution in [2.75, 3.05) is 31.1 Å². The molecule has 212 valence electrons. The van der Waals surface area contributed by atoms with Crippen LogP contribution in [0.25, 0.3) is 27.5 Å². The quantitative estimate of drug-likeness (QED) is 0.286. The number of halogens is 3. The minimum atomic E-state index is -4.41. The molecule has 4 aromatic heterocycles. The number of alkyl halides is 3. The Kier molecular flexibility index (Phi) is 8.09. The van der Waals surface area contributed by atoms with Crippen LogP contribution in [0.15, 0.2) is 48.1 Å². The molecule has 0 radical (unpaired) electrons. The van der Waals surface area contributed by atoms with E-state index in [9.17, 15) is 18.0 Å². The Labute approximate surface area is 234 Å². The van der Waals surface area contributed by atoms with Gasteiger partial charge in [0.1, 0.15) is 11.9 Å². The van der Waals surface area contributed by atoms with E-state index in [4.69, 9.17) is 4.98 Å². The highest BCUT2D eigenvalue weighted by molar-refractivity contribution is 7.13. The third-order valence-electron chi connectivity index (χ3n) is 7.41. The van der Waals surface area contributed by atoms with E-state index in [1.165, 1.54) is 11.0 Å². The number of rotatable bonds is 9. The molecule has 5 heterocycles. The van der Waals surface area contributed by atoms with Crippen molar-refractivity contribution in [2.45, 2.75) is 51.9 Å². The third kappa shape index (κ3) is 5.68. The van der Waals surface area contributed by atoms with E-state index in [-0.39, 0.29) is 36.3 Å². The van der Waals surface area contributed by atoms with Crippen LogP contribution in [0, 0.1) is 0 Å². The third-order valence-corrected chi connectivity index (χ3v) is 8.30. The largest absolute Gasteiger partial charge is 0.408 e. The van der Waals surface area contributed by atoms with Gasteiger partial charge in [-0.25, -0.2) is 14.5 Å². The molecule has 0 aromatic carbocycles. The summed E-state index contributed by atoms with van der Waals surface area (Å²) in [7, 11) is 0. The van der Waals surface area contributed by atoms with Gasteiger partial charge < -0.3 is 10.2 Å². The van der Waals surface area contributed by atoms with E-state index < -0.39 is 12.2 Å². The molecule has 0 aliphatic carbocycles. The lowest BCUT2D eigenvalue weighted by atomic mass is 10.1. The second-order valence-electron chi connectivity index (χ2n) is 9.89. The van der Waals surface area contributed by atoms with Gasteiger partial charge >= 0.3 is 6.18 Å². The average molecular weight is 572 g/mol. The second-order valence-corrected chi connectivity index (χ2v) is 10.8. The van der Waals surface area contributed by atoms with Crippen LogP contribution in [0.5, 0.6) is 0 Å². The van der Waals surface area contributed by atoms with E-state index in [1.54, 1.807) is 34.3 Å². The van der Waals surface area contributed by atoms with Gasteiger partial charge in [0.25, 0.3) is 5.91 Å². The van der Waals surface area contributed by atoms with Crippen molar-refractivity contribution in [2.24, 2.45) is 0 Å². The van der Waals surface area contributed by atoms with E-state index in [0.717, 1.165) is 23.7 Å². The SMILES string of the molecule is CCN(CC)C(C)CNC(=O)c1cc(-c2cnn3ccc(-c4cccs4)nc23)nc(N2CCCC2C(F)(F)F)c1. The highest BCUT2D eigenvalue weighted by Gasteiger charge is 2.46. The Hall–Kier alpha value is -3.51. The second kappa shape index (κ2) is 11.5. The number of hydrogen-bond acceptors (Lipinski definition) is 7. The normalized spacial score (nSPS) is 16.7. The topological polar surface area (TPSA) is 78.7 Å². The Morgan fingerprint density at radius 3 is 2.70 bits per heavy atom. The van der Waals surface area contributed by atoms with Crippen molar-refractivity contribution in [3.8, 4) is 21.8 Å². The van der Waals surface area contributed by atoms with Crippen molar-refractivity contribution in [3.05, 3.63) is 53.7 Å². The van der Waals surface area contributed by atoms with Crippen LogP contribution < -0.4 is 10.2 Å². The van der Waals surface area contributed by atoms with Crippen LogP contribution in [0.4, 0.5) is 19.0 Å². The first kappa shape index (κ1) is 28.0. The number of carbonyl (C=O) groups is 1. The Morgan fingerprint density at radius 1 is 1.20 bits per heavy atom. The fourth-order valence-corrected chi connectivity index (χ4v) is 5.94. The molecule has 5 rings (SSSR count). The number of pyridine rings is 1. The molecule has 0 bridgehead atoms. The minimum absolute atomic E-state index is 0.0131. The number of anilines is 1. The van der Waals surface area contributed by atoms with Gasteiger partial charge in [-0.15, -0.1) is 11.3 Å². The predicted octanol–water partition coefficient (Wildman–Crippen LogP) is 5.51. The fourth-order valence-electron chi connectivity index (χ4n) is 5.24. The number of fused-ring (bicyclic) bond motifs is 1. The molecule has 4 aromatic rings. The number of aromatic nitrogens is 4. The smallest absolute Gasteiger partial charge is 0.350 e. The first-order valence-electron chi connectivity index (χ1n) is 13.5. The zero-order valence-electron chi connectivity index (χ0n) is 22.6. The van der Waals surface area contributed by atoms with E-state index in [2.05, 4.69) is 34.1 Å². The van der Waals surface area contributed by atoms with Gasteiger partial charge in [-0.2, -0.15) is 18.3 Å². The number of hydrogen-bond donors (Lipinski definition) is 1. The van der Waals surface area contributed by atoms with Crippen LogP contribution in [-0.2, 0) is 0 Å². The molecule has 1 amide bonds. The number of thiophene rings is 1. The van der Waals surface area contributed by atoms with Gasteiger partial charge in [0.05, 0.1) is 28.0 Å². The molecule has 1 fully saturated rings. The van der Waals surface area contributed by atoms with Gasteiger partial charge in [0.2, 0.25) is 0 Å². The summed E-state index contributed by atoms with van der Waals surface area (Å²) in [6.45, 7) is 8.46. The summed E-state index contributed by atoms with van der Waals surface area (Å²) >= 11 is 1.55. The molecule has 40 heavy (non-hydrogen) atoms. The maximum atomic E-state index is 13.9. The van der Waals surface area contributed by atoms with E-state index in [0.29, 0.717) is 29.9 Å². The summed E-state index contributed by atoms with van der Waals surface area (Å²) in [5.74, 6) is -0.247. The number of carbonyl (C=O) groups excluding carboxylic acids is 1. The predicted molar refractivity (Wildman–Crippen MR) is 151 cm³/mol. The molecular formula is C28H32F3N7OS. The summed E-state index contributed by atoms with van der Waals surface area (Å²) in [5, 5.41) is 9.31. The molecule has 1 saturated heterocycles. The molecule has 0 saturated carbocycles. The monoisotopic (exact) mass is 571 g/mol. The van der Waals surface area contributed by atoms with Gasteiger partial charge in [-0.1, -0.05) is 19.9 Å². The highest BCUT2D eigenvalue weighted by Crippen LogP contribution is 2.37. The molecule has 1 aliphatic rings. The van der Waals surface area contributed by atoms with Crippen LogP contribution in [0.3, 0.4) is 0 Å². The lowest BCUT2D eigenvalue weighted by Crippen LogP contribution is -2.42. The summed E-state index contributed by atoms with van der Waals surface area (Å²) in [4.78, 5) is 27.2. The maximum Gasteiger partial charge on any atom is 0.408 e. The van der Waals surface area contributed by atoms with Crippen molar-refractivity contribution in [1.82, 2.24) is 29.8 Å². The number of amides is 1. The van der Waals surface area contributed by atoms with Crippen LogP contribution >= 0.6 is 11.3 Å². The molecule has 1 aliphatic heterocycles. The average Bonchev–Trinajstić information content (AvgIpc) is 3.72. The van der Waals surface area contributed by atoms with Crippen molar-refractivity contribution < 1.29 is 18.0 Å². The van der Waals surface area contributed by atoms with Gasteiger partial charge in [-0.3, -0.25) is 9.69 Å². The number of nitrogens with zero attached hydrogens (tertiary/aromatic N) is 6. The molecule has 2 unspecified atom stereocenters. The summed E-state index contributed by atoms with van der Waals surface area (Å²) < 4.78 is 43.3. The highest BCUT2D eigenvalue weighted by atomic mass is 32.1. The Morgan fingerprint density at radius 2 is 2.00 bits per heavy atom. The summed E-state index contributed by atoms with van der Waals surface area (Å²) in [6, 6.07) is 7.27. The fraction of sp³-hybridized carbons (Fsp3) is 0.429. The number of likely N-dealkylation sites (N-methyl/N-ethyl adjacent to an activating group) is 1. The van der Waals surface area contributed by atoms with Crippen LogP contribution in [0.2, 0.25) is 0 Å². The molecule has 8 nitrogen and oxygen atoms in total. The maximum absolute atomic E-state index is 13.9. The first-order chi connectivity index (χ1) is 19.2. The zero-order chi connectivity index (χ0) is 28.4. The first-order valence-corrected chi connectivity index (χ1v) is 14.3. The van der Waals surface area contributed by atoms with Crippen molar-refractivity contribution in [3.63, 3.8) is 0 Å². The van der Waals surface area contributed by atoms with E-state index >= 15 is 0 Å². The molecule has 12 heteroatoms. The van der Waals surface area contributed by atoms with Crippen LogP contribution in [-0.4, -0.2) is 74.8 Å². The van der Waals surface area contributed by atoms with Crippen molar-refractivity contribution >= 4 is 28.7 Å². The lowest BCUT2D eigenvalue weighted by Gasteiger charge is -2.28. The minimum Gasteiger partial charge on any atom is -0.350 e.